The van der Waals surface area contributed by atoms with Crippen LogP contribution < -0.4 is 10.6 Å². The van der Waals surface area contributed by atoms with Crippen molar-refractivity contribution < 1.29 is 0 Å². The number of aliphatic imine (C=N–C) groups is 1. The first-order valence-electron chi connectivity index (χ1n) is 8.08. The first kappa shape index (κ1) is 16.3. The summed E-state index contributed by atoms with van der Waals surface area (Å²) >= 11 is 0. The van der Waals surface area contributed by atoms with Crippen molar-refractivity contribution >= 4 is 11.6 Å². The number of aromatic nitrogens is 3. The minimum absolute atomic E-state index is 0.870. The second-order valence-corrected chi connectivity index (χ2v) is 5.28. The van der Waals surface area contributed by atoms with E-state index in [0.717, 1.165) is 43.4 Å². The van der Waals surface area contributed by atoms with E-state index >= 15 is 0 Å². The van der Waals surface area contributed by atoms with E-state index in [0.29, 0.717) is 0 Å². The molecule has 2 aromatic rings. The Hall–Kier alpha value is -2.11. The molecule has 6 nitrogen and oxygen atoms in total. The Labute approximate surface area is 132 Å². The van der Waals surface area contributed by atoms with E-state index < -0.39 is 0 Å². The SMILES string of the molecule is CCCCCNC(=NC)NCCCc1nnc2ccccn12. The highest BCUT2D eigenvalue weighted by molar-refractivity contribution is 5.79. The van der Waals surface area contributed by atoms with Gasteiger partial charge in [0.05, 0.1) is 0 Å². The molecule has 2 rings (SSSR count). The fraction of sp³-hybridized carbons (Fsp3) is 0.562. The molecular weight excluding hydrogens is 276 g/mol. The fourth-order valence-corrected chi connectivity index (χ4v) is 2.32. The van der Waals surface area contributed by atoms with Gasteiger partial charge in [-0.05, 0) is 25.0 Å². The summed E-state index contributed by atoms with van der Waals surface area (Å²) in [5.41, 5.74) is 0.902. The van der Waals surface area contributed by atoms with E-state index in [4.69, 9.17) is 0 Å². The number of aryl methyl sites for hydroxylation is 1. The zero-order valence-electron chi connectivity index (χ0n) is 13.5. The van der Waals surface area contributed by atoms with Crippen LogP contribution in [0.4, 0.5) is 0 Å². The third kappa shape index (κ3) is 4.72. The summed E-state index contributed by atoms with van der Waals surface area (Å²) in [5, 5.41) is 15.1. The molecule has 0 saturated carbocycles. The number of unbranched alkanes of at least 4 members (excludes halogenated alkanes) is 2. The maximum Gasteiger partial charge on any atom is 0.190 e. The Balaban J connectivity index is 1.70. The van der Waals surface area contributed by atoms with Crippen molar-refractivity contribution in [2.45, 2.75) is 39.0 Å². The van der Waals surface area contributed by atoms with E-state index in [2.05, 4.69) is 32.7 Å². The second kappa shape index (κ2) is 9.02. The normalized spacial score (nSPS) is 11.8. The molecule has 2 heterocycles. The average Bonchev–Trinajstić information content (AvgIpc) is 2.97. The van der Waals surface area contributed by atoms with Crippen molar-refractivity contribution in [3.05, 3.63) is 30.2 Å². The van der Waals surface area contributed by atoms with Gasteiger partial charge in [-0.25, -0.2) is 0 Å². The summed E-state index contributed by atoms with van der Waals surface area (Å²) < 4.78 is 2.04. The predicted molar refractivity (Wildman–Crippen MR) is 90.2 cm³/mol. The molecule has 2 N–H and O–H groups in total. The van der Waals surface area contributed by atoms with Gasteiger partial charge in [0.1, 0.15) is 5.82 Å². The molecule has 22 heavy (non-hydrogen) atoms. The van der Waals surface area contributed by atoms with Crippen LogP contribution in [0.1, 0.15) is 38.4 Å². The van der Waals surface area contributed by atoms with Crippen molar-refractivity contribution in [3.63, 3.8) is 0 Å². The van der Waals surface area contributed by atoms with Crippen molar-refractivity contribution in [2.24, 2.45) is 4.99 Å². The van der Waals surface area contributed by atoms with Gasteiger partial charge in [0.25, 0.3) is 0 Å². The van der Waals surface area contributed by atoms with Crippen LogP contribution in [0.5, 0.6) is 0 Å². The van der Waals surface area contributed by atoms with Crippen LogP contribution in [-0.2, 0) is 6.42 Å². The van der Waals surface area contributed by atoms with Crippen molar-refractivity contribution in [2.75, 3.05) is 20.1 Å². The molecule has 0 atom stereocenters. The maximum absolute atomic E-state index is 4.24. The van der Waals surface area contributed by atoms with E-state index in [9.17, 15) is 0 Å². The summed E-state index contributed by atoms with van der Waals surface area (Å²) in [6, 6.07) is 5.94. The third-order valence-corrected chi connectivity index (χ3v) is 3.55. The molecular formula is C16H26N6. The highest BCUT2D eigenvalue weighted by Gasteiger charge is 2.04. The molecule has 0 aliphatic carbocycles. The number of pyridine rings is 1. The monoisotopic (exact) mass is 302 g/mol. The number of nitrogens with zero attached hydrogens (tertiary/aromatic N) is 4. The molecule has 2 aromatic heterocycles. The predicted octanol–water partition coefficient (Wildman–Crippen LogP) is 2.02. The zero-order valence-corrected chi connectivity index (χ0v) is 13.5. The van der Waals surface area contributed by atoms with Gasteiger partial charge in [-0.2, -0.15) is 0 Å². The Bertz CT molecular complexity index is 589. The molecule has 0 fully saturated rings. The molecule has 0 saturated heterocycles. The standard InChI is InChI=1S/C16H26N6/c1-3-4-6-11-18-16(17-2)19-12-8-10-15-21-20-14-9-5-7-13-22(14)15/h5,7,9,13H,3-4,6,8,10-12H2,1-2H3,(H2,17,18,19). The highest BCUT2D eigenvalue weighted by atomic mass is 15.2. The van der Waals surface area contributed by atoms with E-state index in [1.165, 1.54) is 19.3 Å². The molecule has 0 aromatic carbocycles. The van der Waals surface area contributed by atoms with Crippen molar-refractivity contribution in [3.8, 4) is 0 Å². The topological polar surface area (TPSA) is 66.6 Å². The minimum Gasteiger partial charge on any atom is -0.356 e. The van der Waals surface area contributed by atoms with Gasteiger partial charge in [-0.1, -0.05) is 25.8 Å². The number of hydrogen-bond donors (Lipinski definition) is 2. The zero-order chi connectivity index (χ0) is 15.6. The van der Waals surface area contributed by atoms with Gasteiger partial charge >= 0.3 is 0 Å². The number of nitrogens with one attached hydrogen (secondary N) is 2. The lowest BCUT2D eigenvalue weighted by Crippen LogP contribution is -2.38. The van der Waals surface area contributed by atoms with Gasteiger partial charge in [0, 0.05) is 32.8 Å². The van der Waals surface area contributed by atoms with E-state index in [1.807, 2.05) is 28.8 Å². The lowest BCUT2D eigenvalue weighted by molar-refractivity contribution is 0.672. The smallest absolute Gasteiger partial charge is 0.190 e. The Kier molecular flexibility index (Phi) is 6.67. The number of fused-ring (bicyclic) bond motifs is 1. The summed E-state index contributed by atoms with van der Waals surface area (Å²) in [5.74, 6) is 1.88. The van der Waals surface area contributed by atoms with Crippen molar-refractivity contribution in [1.82, 2.24) is 25.2 Å². The molecule has 0 spiro atoms. The van der Waals surface area contributed by atoms with Crippen LogP contribution in [0.15, 0.2) is 29.4 Å². The summed E-state index contributed by atoms with van der Waals surface area (Å²) in [7, 11) is 1.81. The van der Waals surface area contributed by atoms with Crippen LogP contribution in [-0.4, -0.2) is 40.7 Å². The molecule has 0 radical (unpaired) electrons. The van der Waals surface area contributed by atoms with Crippen molar-refractivity contribution in [1.29, 1.82) is 0 Å². The van der Waals surface area contributed by atoms with Gasteiger partial charge < -0.3 is 10.6 Å². The lowest BCUT2D eigenvalue weighted by Gasteiger charge is -2.11. The summed E-state index contributed by atoms with van der Waals surface area (Å²) in [6.45, 7) is 4.05. The Morgan fingerprint density at radius 1 is 1.14 bits per heavy atom. The van der Waals surface area contributed by atoms with Gasteiger partial charge in [-0.15, -0.1) is 10.2 Å². The van der Waals surface area contributed by atoms with Crippen LogP contribution in [0, 0.1) is 0 Å². The number of hydrogen-bond acceptors (Lipinski definition) is 3. The van der Waals surface area contributed by atoms with Crippen LogP contribution in [0.2, 0.25) is 0 Å². The minimum atomic E-state index is 0.870. The van der Waals surface area contributed by atoms with E-state index in [-0.39, 0.29) is 0 Å². The van der Waals surface area contributed by atoms with Gasteiger partial charge in [0.2, 0.25) is 0 Å². The third-order valence-electron chi connectivity index (χ3n) is 3.55. The maximum atomic E-state index is 4.24. The first-order valence-corrected chi connectivity index (χ1v) is 8.08. The fourth-order valence-electron chi connectivity index (χ4n) is 2.32. The molecule has 120 valence electrons. The molecule has 0 unspecified atom stereocenters. The summed E-state index contributed by atoms with van der Waals surface area (Å²) in [6.07, 6.45) is 7.57. The Morgan fingerprint density at radius 3 is 2.73 bits per heavy atom. The first-order chi connectivity index (χ1) is 10.8. The lowest BCUT2D eigenvalue weighted by atomic mass is 10.2. The van der Waals surface area contributed by atoms with Crippen LogP contribution in [0.25, 0.3) is 5.65 Å². The molecule has 6 heteroatoms. The van der Waals surface area contributed by atoms with Gasteiger partial charge in [0.15, 0.2) is 11.6 Å². The Morgan fingerprint density at radius 2 is 1.95 bits per heavy atom. The van der Waals surface area contributed by atoms with Crippen LogP contribution in [0.3, 0.4) is 0 Å². The van der Waals surface area contributed by atoms with Gasteiger partial charge in [-0.3, -0.25) is 9.39 Å². The van der Waals surface area contributed by atoms with Crippen LogP contribution >= 0.6 is 0 Å². The summed E-state index contributed by atoms with van der Waals surface area (Å²) in [4.78, 5) is 4.23. The number of guanidine groups is 1. The quantitative estimate of drug-likeness (QED) is 0.445. The van der Waals surface area contributed by atoms with E-state index in [1.54, 1.807) is 7.05 Å². The molecule has 0 amide bonds. The second-order valence-electron chi connectivity index (χ2n) is 5.28. The molecule has 0 bridgehead atoms. The molecule has 0 aliphatic rings. The average molecular weight is 302 g/mol. The largest absolute Gasteiger partial charge is 0.356 e. The number of rotatable bonds is 8. The highest BCUT2D eigenvalue weighted by Crippen LogP contribution is 2.04. The molecule has 0 aliphatic heterocycles.